The zero-order valence-corrected chi connectivity index (χ0v) is 9.44. The van der Waals surface area contributed by atoms with Gasteiger partial charge in [-0.1, -0.05) is 5.11 Å². The van der Waals surface area contributed by atoms with E-state index in [-0.39, 0.29) is 0 Å². The molecule has 2 rings (SSSR count). The van der Waals surface area contributed by atoms with Crippen LogP contribution in [-0.2, 0) is 19.0 Å². The molecule has 0 aromatic rings. The molecule has 0 radical (unpaired) electrons. The van der Waals surface area contributed by atoms with Gasteiger partial charge in [0.2, 0.25) is 0 Å². The second kappa shape index (κ2) is 4.15. The van der Waals surface area contributed by atoms with Crippen LogP contribution in [0.2, 0.25) is 0 Å². The van der Waals surface area contributed by atoms with Gasteiger partial charge in [-0.15, -0.1) is 0 Å². The van der Waals surface area contributed by atoms with E-state index in [2.05, 4.69) is 10.0 Å². The highest BCUT2D eigenvalue weighted by Crippen LogP contribution is 2.36. The van der Waals surface area contributed by atoms with E-state index in [0.717, 1.165) is 0 Å². The number of hydrogen-bond donors (Lipinski definition) is 1. The molecule has 0 aliphatic carbocycles. The summed E-state index contributed by atoms with van der Waals surface area (Å²) in [5.41, 5.74) is 8.49. The molecule has 0 aromatic heterocycles. The molecule has 0 saturated carbocycles. The minimum Gasteiger partial charge on any atom is -0.457 e. The fourth-order valence-corrected chi connectivity index (χ4v) is 2.06. The van der Waals surface area contributed by atoms with Crippen molar-refractivity contribution < 1.29 is 24.1 Å². The molecule has 0 unspecified atom stereocenters. The number of fused-ring (bicyclic) bond motifs is 1. The molecule has 2 fully saturated rings. The van der Waals surface area contributed by atoms with Crippen molar-refractivity contribution in [2.45, 2.75) is 44.0 Å². The van der Waals surface area contributed by atoms with Gasteiger partial charge in [-0.2, -0.15) is 0 Å². The van der Waals surface area contributed by atoms with Gasteiger partial charge in [0, 0.05) is 4.91 Å². The first kappa shape index (κ1) is 12.1. The summed E-state index contributed by atoms with van der Waals surface area (Å²) in [4.78, 5) is 14.3. The van der Waals surface area contributed by atoms with E-state index in [0.29, 0.717) is 0 Å². The van der Waals surface area contributed by atoms with Crippen LogP contribution in [0.4, 0.5) is 0 Å². The molecule has 2 saturated heterocycles. The Bertz CT molecular complexity index is 379. The molecule has 4 atom stereocenters. The number of cyclic esters (lactones) is 1. The van der Waals surface area contributed by atoms with E-state index in [1.807, 2.05) is 0 Å². The van der Waals surface area contributed by atoms with Crippen LogP contribution in [0.15, 0.2) is 5.11 Å². The SMILES string of the molecule is CC1(C)O[C@H]2[C@H](N=[N+]=[N-])[C@@H](CO)OC(=O)[C@H]2O1. The molecule has 2 aliphatic heterocycles. The van der Waals surface area contributed by atoms with Gasteiger partial charge in [-0.05, 0) is 19.4 Å². The molecule has 2 aliphatic rings. The molecule has 94 valence electrons. The van der Waals surface area contributed by atoms with Gasteiger partial charge in [-0.3, -0.25) is 0 Å². The average Bonchev–Trinajstić information content (AvgIpc) is 2.58. The van der Waals surface area contributed by atoms with Crippen LogP contribution < -0.4 is 0 Å². The number of carbonyl (C=O) groups excluding carboxylic acids is 1. The Labute approximate surface area is 97.1 Å². The molecule has 2 heterocycles. The molecule has 1 N–H and O–H groups in total. The summed E-state index contributed by atoms with van der Waals surface area (Å²) in [6, 6.07) is -0.783. The number of hydrogen-bond acceptors (Lipinski definition) is 6. The van der Waals surface area contributed by atoms with Gasteiger partial charge in [0.25, 0.3) is 0 Å². The summed E-state index contributed by atoms with van der Waals surface area (Å²) >= 11 is 0. The van der Waals surface area contributed by atoms with E-state index in [4.69, 9.17) is 24.8 Å². The van der Waals surface area contributed by atoms with Crippen LogP contribution in [0, 0.1) is 0 Å². The van der Waals surface area contributed by atoms with E-state index in [1.54, 1.807) is 13.8 Å². The molecular weight excluding hydrogens is 230 g/mol. The first-order chi connectivity index (χ1) is 7.98. The third kappa shape index (κ3) is 2.07. The highest BCUT2D eigenvalue weighted by atomic mass is 16.8. The maximum atomic E-state index is 11.6. The predicted molar refractivity (Wildman–Crippen MR) is 53.7 cm³/mol. The minimum atomic E-state index is -0.943. The number of ether oxygens (including phenoxy) is 3. The van der Waals surface area contributed by atoms with Gasteiger partial charge in [0.05, 0.1) is 6.61 Å². The number of nitrogens with zero attached hydrogens (tertiary/aromatic N) is 3. The van der Waals surface area contributed by atoms with Gasteiger partial charge >= 0.3 is 5.97 Å². The Kier molecular flexibility index (Phi) is 2.96. The van der Waals surface area contributed by atoms with Crippen LogP contribution in [0.3, 0.4) is 0 Å². The van der Waals surface area contributed by atoms with Crippen molar-refractivity contribution >= 4 is 5.97 Å². The summed E-state index contributed by atoms with van der Waals surface area (Å²) in [6.07, 6.45) is -2.53. The van der Waals surface area contributed by atoms with Crippen molar-refractivity contribution in [3.8, 4) is 0 Å². The predicted octanol–water partition coefficient (Wildman–Crippen LogP) is 0.103. The third-order valence-electron chi connectivity index (χ3n) is 2.71. The average molecular weight is 243 g/mol. The molecule has 0 amide bonds. The fraction of sp³-hybridized carbons (Fsp3) is 0.889. The number of rotatable bonds is 2. The van der Waals surface area contributed by atoms with E-state index >= 15 is 0 Å². The Hall–Kier alpha value is -1.34. The van der Waals surface area contributed by atoms with Crippen molar-refractivity contribution in [1.29, 1.82) is 0 Å². The summed E-state index contributed by atoms with van der Waals surface area (Å²) in [5, 5.41) is 12.6. The van der Waals surface area contributed by atoms with Gasteiger partial charge in [-0.25, -0.2) is 4.79 Å². The molecular formula is C9H13N3O5. The highest BCUT2D eigenvalue weighted by Gasteiger charge is 2.55. The van der Waals surface area contributed by atoms with Gasteiger partial charge < -0.3 is 19.3 Å². The third-order valence-corrected chi connectivity index (χ3v) is 2.71. The lowest BCUT2D eigenvalue weighted by Gasteiger charge is -2.33. The number of aliphatic hydroxyl groups is 1. The lowest BCUT2D eigenvalue weighted by molar-refractivity contribution is -0.176. The standard InChI is InChI=1S/C9H13N3O5/c1-9(2)16-6-5(11-12-10)4(3-13)15-8(14)7(6)17-9/h4-7,13H,3H2,1-2H3/t4-,5-,6+,7+/m1/s1. The lowest BCUT2D eigenvalue weighted by Crippen LogP contribution is -2.54. The van der Waals surface area contributed by atoms with Crippen molar-refractivity contribution in [2.24, 2.45) is 5.11 Å². The van der Waals surface area contributed by atoms with E-state index < -0.39 is 42.7 Å². The van der Waals surface area contributed by atoms with Crippen LogP contribution in [-0.4, -0.2) is 47.8 Å². The first-order valence-electron chi connectivity index (χ1n) is 5.19. The number of aliphatic hydroxyl groups excluding tert-OH is 1. The molecule has 0 aromatic carbocycles. The summed E-state index contributed by atoms with van der Waals surface area (Å²) in [6.45, 7) is 2.88. The Balaban J connectivity index is 2.30. The fourth-order valence-electron chi connectivity index (χ4n) is 2.06. The topological polar surface area (TPSA) is 114 Å². The maximum absolute atomic E-state index is 11.6. The summed E-state index contributed by atoms with van der Waals surface area (Å²) in [7, 11) is 0. The number of carbonyl (C=O) groups is 1. The second-order valence-electron chi connectivity index (χ2n) is 4.37. The quantitative estimate of drug-likeness (QED) is 0.320. The van der Waals surface area contributed by atoms with Gasteiger partial charge in [0.15, 0.2) is 11.9 Å². The highest BCUT2D eigenvalue weighted by molar-refractivity contribution is 5.77. The zero-order valence-electron chi connectivity index (χ0n) is 9.44. The van der Waals surface area contributed by atoms with Crippen molar-refractivity contribution in [2.75, 3.05) is 6.61 Å². The monoisotopic (exact) mass is 243 g/mol. The molecule has 17 heavy (non-hydrogen) atoms. The largest absolute Gasteiger partial charge is 0.457 e. The zero-order chi connectivity index (χ0) is 12.6. The van der Waals surface area contributed by atoms with Crippen LogP contribution in [0.25, 0.3) is 10.4 Å². The van der Waals surface area contributed by atoms with Crippen LogP contribution in [0.1, 0.15) is 13.8 Å². The molecule has 8 nitrogen and oxygen atoms in total. The Morgan fingerprint density at radius 1 is 1.53 bits per heavy atom. The van der Waals surface area contributed by atoms with Crippen molar-refractivity contribution in [3.63, 3.8) is 0 Å². The second-order valence-corrected chi connectivity index (χ2v) is 4.37. The Morgan fingerprint density at radius 3 is 2.82 bits per heavy atom. The first-order valence-corrected chi connectivity index (χ1v) is 5.19. The molecule has 0 bridgehead atoms. The molecule has 8 heteroatoms. The number of azide groups is 1. The summed E-state index contributed by atoms with van der Waals surface area (Å²) in [5.74, 6) is -1.55. The van der Waals surface area contributed by atoms with Crippen LogP contribution >= 0.6 is 0 Å². The lowest BCUT2D eigenvalue weighted by atomic mass is 9.98. The Morgan fingerprint density at radius 2 is 2.24 bits per heavy atom. The van der Waals surface area contributed by atoms with Gasteiger partial charge in [0.1, 0.15) is 18.2 Å². The van der Waals surface area contributed by atoms with Crippen molar-refractivity contribution in [3.05, 3.63) is 10.4 Å². The maximum Gasteiger partial charge on any atom is 0.338 e. The summed E-state index contributed by atoms with van der Waals surface area (Å²) < 4.78 is 15.8. The minimum absolute atomic E-state index is 0.428. The van der Waals surface area contributed by atoms with Crippen molar-refractivity contribution in [1.82, 2.24) is 0 Å². The smallest absolute Gasteiger partial charge is 0.338 e. The van der Waals surface area contributed by atoms with E-state index in [9.17, 15) is 4.79 Å². The normalized spacial score (nSPS) is 39.1. The number of esters is 1. The van der Waals surface area contributed by atoms with Crippen LogP contribution in [0.5, 0.6) is 0 Å². The van der Waals surface area contributed by atoms with E-state index in [1.165, 1.54) is 0 Å². The molecule has 0 spiro atoms.